The molecule has 2 aromatic heterocycles. The zero-order valence-corrected chi connectivity index (χ0v) is 27.6. The minimum absolute atomic E-state index is 0.867. The van der Waals surface area contributed by atoms with Crippen LogP contribution in [0.1, 0.15) is 0 Å². The summed E-state index contributed by atoms with van der Waals surface area (Å²) in [5, 5.41) is 12.1. The Bertz CT molecular complexity index is 3150. The van der Waals surface area contributed by atoms with Crippen LogP contribution >= 0.6 is 0 Å². The molecule has 51 heavy (non-hydrogen) atoms. The molecule has 0 spiro atoms. The molecule has 0 fully saturated rings. The number of benzene rings is 9. The molecule has 11 aromatic rings. The molecule has 0 amide bonds. The first kappa shape index (κ1) is 28.0. The Morgan fingerprint density at radius 2 is 0.980 bits per heavy atom. The Morgan fingerprint density at radius 3 is 1.88 bits per heavy atom. The van der Waals surface area contributed by atoms with E-state index in [1.165, 1.54) is 48.6 Å². The van der Waals surface area contributed by atoms with E-state index in [0.717, 1.165) is 50.2 Å². The molecule has 0 aliphatic heterocycles. The van der Waals surface area contributed by atoms with Gasteiger partial charge in [0.05, 0.1) is 22.4 Å². The summed E-state index contributed by atoms with van der Waals surface area (Å²) < 4.78 is 8.91. The van der Waals surface area contributed by atoms with Gasteiger partial charge < -0.3 is 13.9 Å². The molecule has 0 atom stereocenters. The predicted molar refractivity (Wildman–Crippen MR) is 215 cm³/mol. The number of aromatic nitrogens is 1. The zero-order valence-electron chi connectivity index (χ0n) is 27.6. The van der Waals surface area contributed by atoms with Crippen LogP contribution in [0.4, 0.5) is 17.1 Å². The minimum atomic E-state index is 0.867. The second kappa shape index (κ2) is 10.8. The van der Waals surface area contributed by atoms with Crippen LogP contribution in [0.15, 0.2) is 186 Å². The molecule has 3 heteroatoms. The number of hydrogen-bond acceptors (Lipinski definition) is 2. The van der Waals surface area contributed by atoms with Gasteiger partial charge in [-0.15, -0.1) is 0 Å². The average Bonchev–Trinajstić information content (AvgIpc) is 3.74. The maximum atomic E-state index is 6.50. The van der Waals surface area contributed by atoms with Gasteiger partial charge in [-0.1, -0.05) is 127 Å². The summed E-state index contributed by atoms with van der Waals surface area (Å²) in [5.41, 5.74) is 8.44. The van der Waals surface area contributed by atoms with E-state index in [-0.39, 0.29) is 0 Å². The maximum Gasteiger partial charge on any atom is 0.137 e. The number of anilines is 3. The van der Waals surface area contributed by atoms with E-state index in [9.17, 15) is 0 Å². The molecule has 0 bridgehead atoms. The number of nitrogens with zero attached hydrogens (tertiary/aromatic N) is 2. The molecule has 9 aromatic carbocycles. The van der Waals surface area contributed by atoms with Crippen LogP contribution in [0.2, 0.25) is 0 Å². The largest absolute Gasteiger partial charge is 0.456 e. The standard InChI is InChI=1S/C48H30N2O/c1-2-13-32(14-3-1)50-44-20-8-6-16-38(44)42-19-11-22-45(48(42)50)49(33-25-27-41-40-17-7-9-23-46(40)51-47(41)30-33)43-21-10-18-35-37-26-24-31-12-4-5-15-34(31)36(37)28-29-39(35)43/h1-30H. The van der Waals surface area contributed by atoms with Gasteiger partial charge in [-0.2, -0.15) is 0 Å². The maximum absolute atomic E-state index is 6.50. The third kappa shape index (κ3) is 4.12. The molecule has 0 saturated carbocycles. The molecule has 11 rings (SSSR count). The lowest BCUT2D eigenvalue weighted by molar-refractivity contribution is 0.669. The highest BCUT2D eigenvalue weighted by Gasteiger charge is 2.24. The van der Waals surface area contributed by atoms with Crippen molar-refractivity contribution in [3.05, 3.63) is 182 Å². The quantitative estimate of drug-likeness (QED) is 0.177. The van der Waals surface area contributed by atoms with Crippen LogP contribution in [0.25, 0.3) is 81.7 Å². The van der Waals surface area contributed by atoms with Crippen LogP contribution in [-0.4, -0.2) is 4.57 Å². The molecule has 0 aliphatic carbocycles. The highest BCUT2D eigenvalue weighted by Crippen LogP contribution is 2.47. The second-order valence-electron chi connectivity index (χ2n) is 13.3. The van der Waals surface area contributed by atoms with Gasteiger partial charge in [-0.3, -0.25) is 0 Å². The van der Waals surface area contributed by atoms with Gasteiger partial charge in [0, 0.05) is 44.4 Å². The summed E-state index contributed by atoms with van der Waals surface area (Å²) in [6.07, 6.45) is 0. The van der Waals surface area contributed by atoms with Crippen molar-refractivity contribution < 1.29 is 4.42 Å². The van der Waals surface area contributed by atoms with Crippen LogP contribution < -0.4 is 4.90 Å². The fourth-order valence-electron chi connectivity index (χ4n) is 8.32. The lowest BCUT2D eigenvalue weighted by Crippen LogP contribution is -2.12. The average molecular weight is 651 g/mol. The van der Waals surface area contributed by atoms with E-state index in [1.807, 2.05) is 12.1 Å². The highest BCUT2D eigenvalue weighted by atomic mass is 16.3. The Balaban J connectivity index is 1.26. The number of fused-ring (bicyclic) bond motifs is 11. The van der Waals surface area contributed by atoms with Gasteiger partial charge in [-0.25, -0.2) is 0 Å². The van der Waals surface area contributed by atoms with Gasteiger partial charge in [-0.05, 0) is 75.5 Å². The van der Waals surface area contributed by atoms with E-state index in [0.29, 0.717) is 0 Å². The molecule has 0 aliphatic rings. The minimum Gasteiger partial charge on any atom is -0.456 e. The molecular weight excluding hydrogens is 621 g/mol. The molecule has 3 nitrogen and oxygen atoms in total. The summed E-state index contributed by atoms with van der Waals surface area (Å²) in [4.78, 5) is 2.43. The van der Waals surface area contributed by atoms with Gasteiger partial charge in [0.15, 0.2) is 0 Å². The van der Waals surface area contributed by atoms with Crippen molar-refractivity contribution in [1.29, 1.82) is 0 Å². The summed E-state index contributed by atoms with van der Waals surface area (Å²) in [6, 6.07) is 65.6. The molecule has 0 unspecified atom stereocenters. The molecular formula is C48H30N2O. The van der Waals surface area contributed by atoms with Crippen LogP contribution in [0.5, 0.6) is 0 Å². The third-order valence-corrected chi connectivity index (χ3v) is 10.6. The third-order valence-electron chi connectivity index (χ3n) is 10.6. The summed E-state index contributed by atoms with van der Waals surface area (Å²) in [6.45, 7) is 0. The lowest BCUT2D eigenvalue weighted by Gasteiger charge is -2.28. The Morgan fingerprint density at radius 1 is 0.373 bits per heavy atom. The summed E-state index contributed by atoms with van der Waals surface area (Å²) in [7, 11) is 0. The predicted octanol–water partition coefficient (Wildman–Crippen LogP) is 13.6. The lowest BCUT2D eigenvalue weighted by atomic mass is 9.96. The fourth-order valence-corrected chi connectivity index (χ4v) is 8.32. The van der Waals surface area contributed by atoms with Crippen molar-refractivity contribution in [3.63, 3.8) is 0 Å². The van der Waals surface area contributed by atoms with Crippen molar-refractivity contribution in [1.82, 2.24) is 4.57 Å². The second-order valence-corrected chi connectivity index (χ2v) is 13.3. The topological polar surface area (TPSA) is 21.3 Å². The SMILES string of the molecule is c1ccc(-n2c3ccccc3c3cccc(N(c4ccc5c(c4)oc4ccccc45)c4cccc5c4ccc4c6ccccc6ccc54)c32)cc1. The number of furan rings is 1. The van der Waals surface area contributed by atoms with E-state index in [1.54, 1.807) is 0 Å². The first-order chi connectivity index (χ1) is 25.3. The van der Waals surface area contributed by atoms with Gasteiger partial charge >= 0.3 is 0 Å². The first-order valence-corrected chi connectivity index (χ1v) is 17.4. The highest BCUT2D eigenvalue weighted by molar-refractivity contribution is 6.21. The first-order valence-electron chi connectivity index (χ1n) is 17.4. The number of para-hydroxylation sites is 4. The molecule has 0 saturated heterocycles. The number of hydrogen-bond donors (Lipinski definition) is 0. The summed E-state index contributed by atoms with van der Waals surface area (Å²) in [5.74, 6) is 0. The van der Waals surface area contributed by atoms with E-state index >= 15 is 0 Å². The Labute approximate surface area is 293 Å². The van der Waals surface area contributed by atoms with Crippen molar-refractivity contribution in [2.45, 2.75) is 0 Å². The van der Waals surface area contributed by atoms with Gasteiger partial charge in [0.1, 0.15) is 11.2 Å². The zero-order chi connectivity index (χ0) is 33.5. The van der Waals surface area contributed by atoms with Gasteiger partial charge in [0.25, 0.3) is 0 Å². The van der Waals surface area contributed by atoms with Crippen molar-refractivity contribution in [2.75, 3.05) is 4.90 Å². The van der Waals surface area contributed by atoms with Gasteiger partial charge in [0.2, 0.25) is 0 Å². The van der Waals surface area contributed by atoms with Crippen molar-refractivity contribution in [2.24, 2.45) is 0 Å². The summed E-state index contributed by atoms with van der Waals surface area (Å²) >= 11 is 0. The van der Waals surface area contributed by atoms with Crippen LogP contribution in [0.3, 0.4) is 0 Å². The normalized spacial score (nSPS) is 11.9. The Kier molecular flexibility index (Phi) is 5.96. The van der Waals surface area contributed by atoms with Crippen molar-refractivity contribution >= 4 is 93.1 Å². The fraction of sp³-hybridized carbons (Fsp3) is 0. The van der Waals surface area contributed by atoms with E-state index in [2.05, 4.69) is 179 Å². The molecule has 0 radical (unpaired) electrons. The monoisotopic (exact) mass is 650 g/mol. The molecule has 0 N–H and O–H groups in total. The van der Waals surface area contributed by atoms with E-state index in [4.69, 9.17) is 4.42 Å². The van der Waals surface area contributed by atoms with E-state index < -0.39 is 0 Å². The van der Waals surface area contributed by atoms with Crippen LogP contribution in [0, 0.1) is 0 Å². The van der Waals surface area contributed by atoms with Crippen molar-refractivity contribution in [3.8, 4) is 5.69 Å². The van der Waals surface area contributed by atoms with Crippen LogP contribution in [-0.2, 0) is 0 Å². The molecule has 2 heterocycles. The molecule has 238 valence electrons. The number of rotatable bonds is 4. The smallest absolute Gasteiger partial charge is 0.137 e. The Hall–Kier alpha value is -6.84.